The molecule has 0 spiro atoms. The van der Waals surface area contributed by atoms with Gasteiger partial charge in [0, 0.05) is 23.7 Å². The second-order valence-corrected chi connectivity index (χ2v) is 5.17. The molecule has 0 saturated heterocycles. The lowest BCUT2D eigenvalue weighted by molar-refractivity contribution is -0.385. The molecular formula is C14H21Cl2N3O4. The Hall–Kier alpha value is -1.57. The molecule has 0 heterocycles. The van der Waals surface area contributed by atoms with Gasteiger partial charge < -0.3 is 15.4 Å². The van der Waals surface area contributed by atoms with Crippen LogP contribution in [-0.4, -0.2) is 36.6 Å². The summed E-state index contributed by atoms with van der Waals surface area (Å²) >= 11 is 5.71. The van der Waals surface area contributed by atoms with Gasteiger partial charge in [-0.25, -0.2) is 0 Å². The second kappa shape index (κ2) is 11.0. The number of halogens is 2. The van der Waals surface area contributed by atoms with Crippen LogP contribution in [0.15, 0.2) is 18.2 Å². The number of hydrogen-bond donors (Lipinski definition) is 2. The molecule has 0 radical (unpaired) electrons. The minimum Gasteiger partial charge on any atom is -0.486 e. The molecular weight excluding hydrogens is 345 g/mol. The van der Waals surface area contributed by atoms with Crippen molar-refractivity contribution in [3.8, 4) is 5.75 Å². The van der Waals surface area contributed by atoms with Crippen molar-refractivity contribution in [2.45, 2.75) is 26.3 Å². The molecule has 1 amide bonds. The first kappa shape index (κ1) is 21.4. The summed E-state index contributed by atoms with van der Waals surface area (Å²) in [5.41, 5.74) is -0.214. The summed E-state index contributed by atoms with van der Waals surface area (Å²) in [5, 5.41) is 17.1. The quantitative estimate of drug-likeness (QED) is 0.518. The molecule has 0 saturated carbocycles. The van der Waals surface area contributed by atoms with Gasteiger partial charge in [-0.1, -0.05) is 18.5 Å². The fourth-order valence-corrected chi connectivity index (χ4v) is 1.95. The number of nitrogens with one attached hydrogen (secondary N) is 2. The smallest absolute Gasteiger partial charge is 0.312 e. The second-order valence-electron chi connectivity index (χ2n) is 4.73. The number of nitro groups is 1. The minimum absolute atomic E-state index is 0. The zero-order chi connectivity index (χ0) is 16.5. The predicted octanol–water partition coefficient (Wildman–Crippen LogP) is 2.55. The Balaban J connectivity index is 0.00000484. The molecule has 0 aliphatic rings. The van der Waals surface area contributed by atoms with Gasteiger partial charge in [-0.05, 0) is 25.6 Å². The normalized spacial score (nSPS) is 11.3. The minimum atomic E-state index is -0.570. The van der Waals surface area contributed by atoms with Gasteiger partial charge in [-0.15, -0.1) is 12.4 Å². The lowest BCUT2D eigenvalue weighted by atomic mass is 10.3. The number of amides is 1. The molecule has 1 aromatic carbocycles. The van der Waals surface area contributed by atoms with Gasteiger partial charge in [0.25, 0.3) is 0 Å². The topological polar surface area (TPSA) is 93.5 Å². The average molecular weight is 366 g/mol. The highest BCUT2D eigenvalue weighted by Crippen LogP contribution is 2.29. The largest absolute Gasteiger partial charge is 0.486 e. The van der Waals surface area contributed by atoms with Crippen LogP contribution in [0.25, 0.3) is 0 Å². The van der Waals surface area contributed by atoms with Crippen molar-refractivity contribution in [1.29, 1.82) is 0 Å². The summed E-state index contributed by atoms with van der Waals surface area (Å²) < 4.78 is 5.30. The Morgan fingerprint density at radius 2 is 2.17 bits per heavy atom. The first-order valence-corrected chi connectivity index (χ1v) is 7.38. The van der Waals surface area contributed by atoms with Crippen LogP contribution >= 0.6 is 24.0 Å². The van der Waals surface area contributed by atoms with E-state index in [0.717, 1.165) is 6.54 Å². The molecule has 0 bridgehead atoms. The summed E-state index contributed by atoms with van der Waals surface area (Å²) in [6.07, 6.45) is 0.124. The van der Waals surface area contributed by atoms with E-state index in [-0.39, 0.29) is 53.8 Å². The van der Waals surface area contributed by atoms with Gasteiger partial charge in [0.15, 0.2) is 5.75 Å². The Morgan fingerprint density at radius 1 is 1.48 bits per heavy atom. The highest BCUT2D eigenvalue weighted by atomic mass is 35.5. The number of benzene rings is 1. The molecule has 0 unspecified atom stereocenters. The van der Waals surface area contributed by atoms with Crippen molar-refractivity contribution in [3.05, 3.63) is 33.3 Å². The fourth-order valence-electron chi connectivity index (χ4n) is 1.78. The Morgan fingerprint density at radius 3 is 2.78 bits per heavy atom. The van der Waals surface area contributed by atoms with Gasteiger partial charge in [-0.2, -0.15) is 0 Å². The lowest BCUT2D eigenvalue weighted by Gasteiger charge is -2.13. The van der Waals surface area contributed by atoms with Gasteiger partial charge in [0.2, 0.25) is 5.91 Å². The van der Waals surface area contributed by atoms with Crippen molar-refractivity contribution < 1.29 is 14.5 Å². The number of rotatable bonds is 9. The van der Waals surface area contributed by atoms with Crippen molar-refractivity contribution in [2.24, 2.45) is 0 Å². The summed E-state index contributed by atoms with van der Waals surface area (Å²) in [4.78, 5) is 22.0. The van der Waals surface area contributed by atoms with E-state index in [1.165, 1.54) is 18.2 Å². The number of nitrogens with zero attached hydrogens (tertiary/aromatic N) is 1. The Labute approximate surface area is 146 Å². The molecule has 1 aromatic rings. The zero-order valence-corrected chi connectivity index (χ0v) is 14.6. The summed E-state index contributed by atoms with van der Waals surface area (Å²) in [7, 11) is 0. The third-order valence-electron chi connectivity index (χ3n) is 2.86. The maximum absolute atomic E-state index is 11.6. The van der Waals surface area contributed by atoms with E-state index >= 15 is 0 Å². The number of carbonyl (C=O) groups excluding carboxylic acids is 1. The molecule has 7 nitrogen and oxygen atoms in total. The molecule has 1 rings (SSSR count). The van der Waals surface area contributed by atoms with Crippen LogP contribution in [0, 0.1) is 10.1 Å². The van der Waals surface area contributed by atoms with E-state index in [9.17, 15) is 14.9 Å². The predicted molar refractivity (Wildman–Crippen MR) is 91.6 cm³/mol. The average Bonchev–Trinajstić information content (AvgIpc) is 2.46. The molecule has 0 fully saturated rings. The highest BCUT2D eigenvalue weighted by Gasteiger charge is 2.16. The fraction of sp³-hybridized carbons (Fsp3) is 0.500. The van der Waals surface area contributed by atoms with E-state index < -0.39 is 4.92 Å². The van der Waals surface area contributed by atoms with Gasteiger partial charge in [0.1, 0.15) is 0 Å². The van der Waals surface area contributed by atoms with E-state index in [0.29, 0.717) is 6.54 Å². The van der Waals surface area contributed by atoms with Crippen LogP contribution in [0.2, 0.25) is 5.02 Å². The maximum atomic E-state index is 11.6. The van der Waals surface area contributed by atoms with Gasteiger partial charge >= 0.3 is 5.69 Å². The lowest BCUT2D eigenvalue weighted by Crippen LogP contribution is -2.39. The number of ether oxygens (including phenoxy) is 1. The van der Waals surface area contributed by atoms with Crippen LogP contribution in [0.3, 0.4) is 0 Å². The first-order chi connectivity index (χ1) is 10.4. The van der Waals surface area contributed by atoms with Gasteiger partial charge in [-0.3, -0.25) is 14.9 Å². The molecule has 0 aliphatic carbocycles. The Bertz CT molecular complexity index is 529. The first-order valence-electron chi connectivity index (χ1n) is 7.00. The van der Waals surface area contributed by atoms with Crippen LogP contribution in [0.4, 0.5) is 5.69 Å². The zero-order valence-electron chi connectivity index (χ0n) is 13.0. The molecule has 0 aromatic heterocycles. The van der Waals surface area contributed by atoms with Crippen LogP contribution in [-0.2, 0) is 4.79 Å². The van der Waals surface area contributed by atoms with Gasteiger partial charge in [0.05, 0.1) is 18.0 Å². The highest BCUT2D eigenvalue weighted by molar-refractivity contribution is 6.30. The number of nitro benzene ring substituents is 1. The molecule has 23 heavy (non-hydrogen) atoms. The summed E-state index contributed by atoms with van der Waals surface area (Å²) in [5.74, 6) is -0.0652. The molecule has 130 valence electrons. The Kier molecular flexibility index (Phi) is 10.3. The maximum Gasteiger partial charge on any atom is 0.312 e. The van der Waals surface area contributed by atoms with E-state index in [4.69, 9.17) is 16.3 Å². The van der Waals surface area contributed by atoms with Crippen molar-refractivity contribution in [2.75, 3.05) is 19.7 Å². The number of likely N-dealkylation sites (N-methyl/N-ethyl adjacent to an activating group) is 1. The van der Waals surface area contributed by atoms with E-state index in [2.05, 4.69) is 10.6 Å². The number of hydrogen-bond acceptors (Lipinski definition) is 5. The molecule has 1 atom stereocenters. The third kappa shape index (κ3) is 8.01. The SMILES string of the molecule is CCN[C@H](C)CNC(=O)CCOc1ccc(Cl)cc1[N+](=O)[O-].Cl. The standard InChI is InChI=1S/C14H20ClN3O4.ClH/c1-3-16-10(2)9-17-14(19)6-7-22-13-5-4-11(15)8-12(13)18(20)21;/h4-5,8,10,16H,3,6-7,9H2,1-2H3,(H,17,19);1H/t10-;/m1./s1. The third-order valence-corrected chi connectivity index (χ3v) is 3.10. The molecule has 0 aliphatic heterocycles. The molecule has 9 heteroatoms. The number of carbonyl (C=O) groups is 1. The van der Waals surface area contributed by atoms with E-state index in [1.54, 1.807) is 0 Å². The summed E-state index contributed by atoms with van der Waals surface area (Å²) in [6.45, 7) is 5.38. The van der Waals surface area contributed by atoms with Crippen molar-refractivity contribution >= 4 is 35.6 Å². The van der Waals surface area contributed by atoms with Crippen molar-refractivity contribution in [1.82, 2.24) is 10.6 Å². The van der Waals surface area contributed by atoms with Crippen LogP contribution < -0.4 is 15.4 Å². The van der Waals surface area contributed by atoms with Crippen molar-refractivity contribution in [3.63, 3.8) is 0 Å². The van der Waals surface area contributed by atoms with Crippen LogP contribution in [0.5, 0.6) is 5.75 Å². The summed E-state index contributed by atoms with van der Waals surface area (Å²) in [6, 6.07) is 4.33. The van der Waals surface area contributed by atoms with E-state index in [1.807, 2.05) is 13.8 Å². The monoisotopic (exact) mass is 365 g/mol. The van der Waals surface area contributed by atoms with Crippen LogP contribution in [0.1, 0.15) is 20.3 Å². The molecule has 2 N–H and O–H groups in total.